The van der Waals surface area contributed by atoms with E-state index in [0.29, 0.717) is 17.1 Å². The molecule has 0 saturated carbocycles. The Morgan fingerprint density at radius 3 is 2.59 bits per heavy atom. The summed E-state index contributed by atoms with van der Waals surface area (Å²) in [5.41, 5.74) is 2.77. The van der Waals surface area contributed by atoms with Gasteiger partial charge in [-0.05, 0) is 48.4 Å². The molecule has 3 rings (SSSR count). The van der Waals surface area contributed by atoms with Crippen molar-refractivity contribution in [2.75, 3.05) is 5.32 Å². The van der Waals surface area contributed by atoms with Crippen LogP contribution in [0.2, 0.25) is 0 Å². The molecule has 0 fully saturated rings. The topological polar surface area (TPSA) is 102 Å². The molecule has 3 aromatic rings. The second-order valence-corrected chi connectivity index (χ2v) is 8.02. The van der Waals surface area contributed by atoms with E-state index in [0.717, 1.165) is 11.1 Å². The summed E-state index contributed by atoms with van der Waals surface area (Å²) < 4.78 is 25.3. The highest BCUT2D eigenvalue weighted by atomic mass is 32.2. The van der Waals surface area contributed by atoms with Crippen LogP contribution in [0, 0.1) is 6.92 Å². The molecule has 0 aliphatic carbocycles. The molecule has 0 aromatic carbocycles. The van der Waals surface area contributed by atoms with Gasteiger partial charge in [-0.2, -0.15) is 0 Å². The smallest absolute Gasteiger partial charge is 0.222 e. The number of nitrogens with zero attached hydrogens (tertiary/aromatic N) is 3. The van der Waals surface area contributed by atoms with Crippen molar-refractivity contribution < 1.29 is 13.2 Å². The number of aryl methyl sites for hydroxylation is 1. The third kappa shape index (κ3) is 4.53. The van der Waals surface area contributed by atoms with Crippen LogP contribution in [0.15, 0.2) is 60.0 Å². The summed E-state index contributed by atoms with van der Waals surface area (Å²) in [6.07, 6.45) is 6.11. The molecule has 0 aliphatic heterocycles. The van der Waals surface area contributed by atoms with Gasteiger partial charge in [-0.1, -0.05) is 0 Å². The number of rotatable bonds is 5. The third-order valence-corrected chi connectivity index (χ3v) is 5.58. The summed E-state index contributed by atoms with van der Waals surface area (Å²) in [7, 11) is -3.53. The molecule has 0 aliphatic rings. The van der Waals surface area contributed by atoms with Crippen LogP contribution in [0.4, 0.5) is 5.82 Å². The Balaban J connectivity index is 1.95. The van der Waals surface area contributed by atoms with Gasteiger partial charge in [-0.15, -0.1) is 0 Å². The first-order chi connectivity index (χ1) is 12.8. The number of amides is 1. The van der Waals surface area contributed by atoms with Gasteiger partial charge in [0.25, 0.3) is 0 Å². The molecule has 138 valence electrons. The van der Waals surface area contributed by atoms with Crippen molar-refractivity contribution in [3.63, 3.8) is 0 Å². The molecule has 0 unspecified atom stereocenters. The molecule has 0 radical (unpaired) electrons. The van der Waals surface area contributed by atoms with Crippen molar-refractivity contribution in [2.45, 2.75) is 24.5 Å². The second kappa shape index (κ2) is 7.63. The highest BCUT2D eigenvalue weighted by Gasteiger charge is 2.18. The molecule has 27 heavy (non-hydrogen) atoms. The summed E-state index contributed by atoms with van der Waals surface area (Å²) in [4.78, 5) is 23.7. The standard InChI is InChI=1S/C19H18N4O3S/c1-13-17(12-27(25,26)18-4-3-6-20-11-18)8-16(10-22-13)15-5-7-21-19(9-15)23-14(2)24/h3-11H,12H2,1-2H3,(H,21,23,24). The first-order valence-electron chi connectivity index (χ1n) is 8.17. The van der Waals surface area contributed by atoms with Crippen LogP contribution < -0.4 is 5.32 Å². The second-order valence-electron chi connectivity index (χ2n) is 6.03. The lowest BCUT2D eigenvalue weighted by Gasteiger charge is -2.10. The molecule has 0 spiro atoms. The minimum Gasteiger partial charge on any atom is -0.311 e. The number of nitrogens with one attached hydrogen (secondary N) is 1. The first kappa shape index (κ1) is 18.7. The molecule has 0 atom stereocenters. The quantitative estimate of drug-likeness (QED) is 0.728. The van der Waals surface area contributed by atoms with Gasteiger partial charge >= 0.3 is 0 Å². The summed E-state index contributed by atoms with van der Waals surface area (Å²) in [5.74, 6) is 0.0321. The van der Waals surface area contributed by atoms with E-state index >= 15 is 0 Å². The normalized spacial score (nSPS) is 11.2. The molecular weight excluding hydrogens is 364 g/mol. The SMILES string of the molecule is CC(=O)Nc1cc(-c2cnc(C)c(CS(=O)(=O)c3cccnc3)c2)ccn1. The molecule has 1 amide bonds. The van der Waals surface area contributed by atoms with Crippen molar-refractivity contribution in [2.24, 2.45) is 0 Å². The average molecular weight is 382 g/mol. The lowest BCUT2D eigenvalue weighted by atomic mass is 10.1. The lowest BCUT2D eigenvalue weighted by Crippen LogP contribution is -2.08. The highest BCUT2D eigenvalue weighted by molar-refractivity contribution is 7.90. The maximum absolute atomic E-state index is 12.7. The summed E-state index contributed by atoms with van der Waals surface area (Å²) in [5, 5.41) is 2.63. The summed E-state index contributed by atoms with van der Waals surface area (Å²) in [6.45, 7) is 3.18. The number of pyridine rings is 3. The largest absolute Gasteiger partial charge is 0.311 e. The first-order valence-corrected chi connectivity index (χ1v) is 9.83. The van der Waals surface area contributed by atoms with Crippen molar-refractivity contribution in [1.82, 2.24) is 15.0 Å². The lowest BCUT2D eigenvalue weighted by molar-refractivity contribution is -0.114. The van der Waals surface area contributed by atoms with Gasteiger partial charge in [-0.25, -0.2) is 13.4 Å². The number of carbonyl (C=O) groups excluding carboxylic acids is 1. The van der Waals surface area contributed by atoms with Gasteiger partial charge in [0.1, 0.15) is 5.82 Å². The van der Waals surface area contributed by atoms with Crippen molar-refractivity contribution >= 4 is 21.6 Å². The van der Waals surface area contributed by atoms with E-state index in [2.05, 4.69) is 20.3 Å². The van der Waals surface area contributed by atoms with Crippen LogP contribution in [-0.4, -0.2) is 29.3 Å². The molecule has 1 N–H and O–H groups in total. The number of carbonyl (C=O) groups is 1. The van der Waals surface area contributed by atoms with E-state index in [4.69, 9.17) is 0 Å². The van der Waals surface area contributed by atoms with Gasteiger partial charge in [0.15, 0.2) is 9.84 Å². The molecule has 3 heterocycles. The fourth-order valence-electron chi connectivity index (χ4n) is 2.56. The van der Waals surface area contributed by atoms with Crippen LogP contribution in [0.1, 0.15) is 18.2 Å². The van der Waals surface area contributed by atoms with Crippen LogP contribution in [0.5, 0.6) is 0 Å². The van der Waals surface area contributed by atoms with Gasteiger partial charge in [-0.3, -0.25) is 14.8 Å². The van der Waals surface area contributed by atoms with Gasteiger partial charge in [0.05, 0.1) is 10.6 Å². The predicted octanol–water partition coefficient (Wildman–Crippen LogP) is 2.78. The fraction of sp³-hybridized carbons (Fsp3) is 0.158. The predicted molar refractivity (Wildman–Crippen MR) is 102 cm³/mol. The number of hydrogen-bond acceptors (Lipinski definition) is 6. The highest BCUT2D eigenvalue weighted by Crippen LogP contribution is 2.25. The van der Waals surface area contributed by atoms with E-state index in [1.165, 1.54) is 25.4 Å². The molecule has 8 heteroatoms. The average Bonchev–Trinajstić information content (AvgIpc) is 2.64. The van der Waals surface area contributed by atoms with E-state index in [-0.39, 0.29) is 16.6 Å². The zero-order valence-corrected chi connectivity index (χ0v) is 15.7. The van der Waals surface area contributed by atoms with Crippen molar-refractivity contribution in [1.29, 1.82) is 0 Å². The third-order valence-electron chi connectivity index (χ3n) is 3.93. The minimum absolute atomic E-state index is 0.172. The Bertz CT molecular complexity index is 1080. The Morgan fingerprint density at radius 2 is 1.89 bits per heavy atom. The molecule has 3 aromatic heterocycles. The zero-order chi connectivity index (χ0) is 19.4. The van der Waals surface area contributed by atoms with Crippen LogP contribution in [-0.2, 0) is 20.4 Å². The van der Waals surface area contributed by atoms with Crippen LogP contribution >= 0.6 is 0 Å². The number of hydrogen-bond donors (Lipinski definition) is 1. The van der Waals surface area contributed by atoms with E-state index < -0.39 is 9.84 Å². The van der Waals surface area contributed by atoms with E-state index in [9.17, 15) is 13.2 Å². The maximum atomic E-state index is 12.7. The molecule has 0 bridgehead atoms. The molecule has 7 nitrogen and oxygen atoms in total. The molecular formula is C19H18N4O3S. The Morgan fingerprint density at radius 1 is 1.07 bits per heavy atom. The van der Waals surface area contributed by atoms with Gasteiger partial charge in [0, 0.05) is 43.0 Å². The number of aromatic nitrogens is 3. The summed E-state index contributed by atoms with van der Waals surface area (Å²) in [6, 6.07) is 8.40. The summed E-state index contributed by atoms with van der Waals surface area (Å²) >= 11 is 0. The monoisotopic (exact) mass is 382 g/mol. The Labute approximate surface area is 157 Å². The Hall–Kier alpha value is -3.13. The van der Waals surface area contributed by atoms with Crippen LogP contribution in [0.3, 0.4) is 0 Å². The fourth-order valence-corrected chi connectivity index (χ4v) is 3.94. The zero-order valence-electron chi connectivity index (χ0n) is 14.9. The number of sulfone groups is 1. The van der Waals surface area contributed by atoms with Gasteiger partial charge in [0.2, 0.25) is 5.91 Å². The van der Waals surface area contributed by atoms with E-state index in [1.54, 1.807) is 43.6 Å². The molecule has 0 saturated heterocycles. The van der Waals surface area contributed by atoms with Crippen molar-refractivity contribution in [3.8, 4) is 11.1 Å². The van der Waals surface area contributed by atoms with Gasteiger partial charge < -0.3 is 5.32 Å². The minimum atomic E-state index is -3.53. The maximum Gasteiger partial charge on any atom is 0.222 e. The van der Waals surface area contributed by atoms with Crippen molar-refractivity contribution in [3.05, 3.63) is 66.4 Å². The Kier molecular flexibility index (Phi) is 5.27. The number of anilines is 1. The van der Waals surface area contributed by atoms with E-state index in [1.807, 2.05) is 0 Å². The van der Waals surface area contributed by atoms with Crippen LogP contribution in [0.25, 0.3) is 11.1 Å².